The summed E-state index contributed by atoms with van der Waals surface area (Å²) in [4.78, 5) is 2.71. The molecule has 13 heavy (non-hydrogen) atoms. The minimum absolute atomic E-state index is 0.784. The van der Waals surface area contributed by atoms with Crippen molar-refractivity contribution in [3.05, 3.63) is 0 Å². The predicted octanol–water partition coefficient (Wildman–Crippen LogP) is 3.29. The van der Waals surface area contributed by atoms with Crippen molar-refractivity contribution in [2.24, 2.45) is 5.92 Å². The molecule has 0 radical (unpaired) electrons. The van der Waals surface area contributed by atoms with Crippen molar-refractivity contribution in [2.75, 3.05) is 0 Å². The van der Waals surface area contributed by atoms with Crippen LogP contribution in [0.15, 0.2) is 0 Å². The van der Waals surface area contributed by atoms with Crippen LogP contribution >= 0.6 is 0 Å². The summed E-state index contributed by atoms with van der Waals surface area (Å²) in [5.41, 5.74) is 0. The smallest absolute Gasteiger partial charge is 0.0118 e. The van der Waals surface area contributed by atoms with E-state index in [2.05, 4.69) is 25.7 Å². The zero-order chi connectivity index (χ0) is 10.0. The maximum atomic E-state index is 2.71. The van der Waals surface area contributed by atoms with Gasteiger partial charge in [-0.1, -0.05) is 20.8 Å². The zero-order valence-corrected chi connectivity index (χ0v) is 9.88. The molecule has 0 spiro atoms. The van der Waals surface area contributed by atoms with Crippen LogP contribution < -0.4 is 0 Å². The van der Waals surface area contributed by atoms with Gasteiger partial charge in [-0.05, 0) is 39.0 Å². The second-order valence-electron chi connectivity index (χ2n) is 4.66. The van der Waals surface area contributed by atoms with Crippen LogP contribution in [0, 0.1) is 5.92 Å². The van der Waals surface area contributed by atoms with Crippen LogP contribution in [0.2, 0.25) is 0 Å². The first-order chi connectivity index (χ1) is 6.18. The summed E-state index contributed by atoms with van der Waals surface area (Å²) < 4.78 is 0. The van der Waals surface area contributed by atoms with Crippen LogP contribution in [-0.4, -0.2) is 23.0 Å². The first-order valence-corrected chi connectivity index (χ1v) is 5.96. The first kappa shape index (κ1) is 11.0. The third-order valence-electron chi connectivity index (χ3n) is 3.33. The largest absolute Gasteiger partial charge is 0.295 e. The molecule has 0 N–H and O–H groups in total. The van der Waals surface area contributed by atoms with Gasteiger partial charge in [0, 0.05) is 18.1 Å². The Hall–Kier alpha value is -0.0400. The summed E-state index contributed by atoms with van der Waals surface area (Å²) in [6.07, 6.45) is 4.39. The van der Waals surface area contributed by atoms with E-state index < -0.39 is 0 Å². The highest BCUT2D eigenvalue weighted by molar-refractivity contribution is 5.00. The molecule has 2 saturated heterocycles. The molecule has 2 aliphatic heterocycles. The molecule has 1 heteroatoms. The molecule has 2 atom stereocenters. The van der Waals surface area contributed by atoms with E-state index in [0.717, 1.165) is 24.0 Å². The number of hydrogen-bond acceptors (Lipinski definition) is 1. The summed E-state index contributed by atoms with van der Waals surface area (Å²) in [5, 5.41) is 0. The van der Waals surface area contributed by atoms with Gasteiger partial charge in [0.1, 0.15) is 0 Å². The van der Waals surface area contributed by atoms with Crippen molar-refractivity contribution >= 4 is 0 Å². The van der Waals surface area contributed by atoms with Gasteiger partial charge in [0.15, 0.2) is 0 Å². The molecule has 2 bridgehead atoms. The molecule has 3 aliphatic rings. The van der Waals surface area contributed by atoms with Crippen molar-refractivity contribution < 1.29 is 0 Å². The van der Waals surface area contributed by atoms with Crippen LogP contribution in [0.25, 0.3) is 0 Å². The quantitative estimate of drug-likeness (QED) is 0.603. The molecule has 2 unspecified atom stereocenters. The van der Waals surface area contributed by atoms with E-state index in [1.807, 2.05) is 13.8 Å². The first-order valence-electron chi connectivity index (χ1n) is 5.96. The fraction of sp³-hybridized carbons (Fsp3) is 1.00. The molecule has 0 aromatic carbocycles. The number of hydrogen-bond donors (Lipinski definition) is 0. The third kappa shape index (κ3) is 2.07. The van der Waals surface area contributed by atoms with Crippen LogP contribution in [0.1, 0.15) is 53.9 Å². The van der Waals surface area contributed by atoms with E-state index in [4.69, 9.17) is 0 Å². The Labute approximate surface area is 83.5 Å². The van der Waals surface area contributed by atoms with Gasteiger partial charge in [-0.25, -0.2) is 0 Å². The monoisotopic (exact) mass is 183 g/mol. The average Bonchev–Trinajstić information content (AvgIpc) is 2.05. The summed E-state index contributed by atoms with van der Waals surface area (Å²) in [5.74, 6) is 0.994. The van der Waals surface area contributed by atoms with Crippen LogP contribution in [-0.2, 0) is 0 Å². The lowest BCUT2D eigenvalue weighted by molar-refractivity contribution is -0.0698. The van der Waals surface area contributed by atoms with E-state index in [1.54, 1.807) is 0 Å². The van der Waals surface area contributed by atoms with Gasteiger partial charge >= 0.3 is 0 Å². The van der Waals surface area contributed by atoms with Gasteiger partial charge in [0.25, 0.3) is 0 Å². The molecule has 78 valence electrons. The summed E-state index contributed by atoms with van der Waals surface area (Å²) in [6, 6.07) is 2.68. The Morgan fingerprint density at radius 1 is 1.00 bits per heavy atom. The van der Waals surface area contributed by atoms with Crippen LogP contribution in [0.4, 0.5) is 0 Å². The molecular weight excluding hydrogens is 158 g/mol. The Morgan fingerprint density at radius 2 is 1.46 bits per heavy atom. The molecule has 1 nitrogen and oxygen atoms in total. The Balaban J connectivity index is 0.000000396. The Bertz CT molecular complexity index is 141. The highest BCUT2D eigenvalue weighted by Crippen LogP contribution is 2.42. The van der Waals surface area contributed by atoms with Crippen LogP contribution in [0.3, 0.4) is 0 Å². The topological polar surface area (TPSA) is 3.24 Å². The summed E-state index contributed by atoms with van der Waals surface area (Å²) in [7, 11) is 0. The lowest BCUT2D eigenvalue weighted by Crippen LogP contribution is -2.62. The highest BCUT2D eigenvalue weighted by Gasteiger charge is 2.44. The standard InChI is InChI=1S/C10H19N.C2H6/c1-7(2)11-9-4-8(3)5-10(11)6-9;1-2/h7-10H,4-6H2,1-3H3;1-2H3. The number of piperidine rings is 1. The third-order valence-corrected chi connectivity index (χ3v) is 3.33. The minimum Gasteiger partial charge on any atom is -0.295 e. The summed E-state index contributed by atoms with van der Waals surface area (Å²) in [6.45, 7) is 11.1. The highest BCUT2D eigenvalue weighted by atomic mass is 15.3. The van der Waals surface area contributed by atoms with Gasteiger partial charge < -0.3 is 0 Å². The molecule has 2 heterocycles. The van der Waals surface area contributed by atoms with E-state index in [9.17, 15) is 0 Å². The van der Waals surface area contributed by atoms with E-state index in [-0.39, 0.29) is 0 Å². The number of rotatable bonds is 1. The van der Waals surface area contributed by atoms with Gasteiger partial charge in [-0.15, -0.1) is 0 Å². The Kier molecular flexibility index (Phi) is 3.78. The lowest BCUT2D eigenvalue weighted by atomic mass is 9.73. The van der Waals surface area contributed by atoms with Gasteiger partial charge in [-0.2, -0.15) is 0 Å². The van der Waals surface area contributed by atoms with E-state index in [0.29, 0.717) is 0 Å². The van der Waals surface area contributed by atoms with Crippen molar-refractivity contribution in [3.63, 3.8) is 0 Å². The molecular formula is C12H25N. The maximum Gasteiger partial charge on any atom is 0.0118 e. The maximum absolute atomic E-state index is 2.71. The molecule has 0 aromatic heterocycles. The van der Waals surface area contributed by atoms with Gasteiger partial charge in [0.2, 0.25) is 0 Å². The second kappa shape index (κ2) is 4.45. The minimum atomic E-state index is 0.784. The van der Waals surface area contributed by atoms with Crippen LogP contribution in [0.5, 0.6) is 0 Å². The average molecular weight is 183 g/mol. The SMILES string of the molecule is CC.CC1CC2CC(C1)N2C(C)C. The number of fused-ring (bicyclic) bond motifs is 2. The van der Waals surface area contributed by atoms with Crippen molar-refractivity contribution in [1.29, 1.82) is 0 Å². The molecule has 3 rings (SSSR count). The normalized spacial score (nSPS) is 37.8. The fourth-order valence-corrected chi connectivity index (χ4v) is 3.02. The van der Waals surface area contributed by atoms with Gasteiger partial charge in [-0.3, -0.25) is 4.90 Å². The Morgan fingerprint density at radius 3 is 1.85 bits per heavy atom. The number of nitrogens with zero attached hydrogens (tertiary/aromatic N) is 1. The predicted molar refractivity (Wildman–Crippen MR) is 58.9 cm³/mol. The van der Waals surface area contributed by atoms with Crippen molar-refractivity contribution in [1.82, 2.24) is 4.90 Å². The van der Waals surface area contributed by atoms with Gasteiger partial charge in [0.05, 0.1) is 0 Å². The molecule has 3 fully saturated rings. The van der Waals surface area contributed by atoms with E-state index >= 15 is 0 Å². The molecule has 1 aliphatic carbocycles. The van der Waals surface area contributed by atoms with E-state index in [1.165, 1.54) is 19.3 Å². The van der Waals surface area contributed by atoms with Crippen molar-refractivity contribution in [3.8, 4) is 0 Å². The molecule has 0 amide bonds. The fourth-order valence-electron chi connectivity index (χ4n) is 3.02. The zero-order valence-electron chi connectivity index (χ0n) is 9.88. The summed E-state index contributed by atoms with van der Waals surface area (Å²) >= 11 is 0. The molecule has 1 saturated carbocycles. The second-order valence-corrected chi connectivity index (χ2v) is 4.66. The molecule has 0 aromatic rings. The lowest BCUT2D eigenvalue weighted by Gasteiger charge is -2.57. The van der Waals surface area contributed by atoms with Crippen molar-refractivity contribution in [2.45, 2.75) is 72.0 Å².